The Morgan fingerprint density at radius 2 is 2.20 bits per heavy atom. The summed E-state index contributed by atoms with van der Waals surface area (Å²) in [7, 11) is 0. The van der Waals surface area contributed by atoms with Gasteiger partial charge >= 0.3 is 0 Å². The lowest BCUT2D eigenvalue weighted by Gasteiger charge is -2.22. The molecule has 0 aromatic rings. The molecule has 2 aliphatic rings. The highest BCUT2D eigenvalue weighted by molar-refractivity contribution is 5.78. The highest BCUT2D eigenvalue weighted by Gasteiger charge is 2.35. The maximum absolute atomic E-state index is 11.7. The van der Waals surface area contributed by atoms with Crippen LogP contribution in [0.4, 0.5) is 0 Å². The van der Waals surface area contributed by atoms with E-state index in [2.05, 4.69) is 5.43 Å². The topological polar surface area (TPSA) is 58.4 Å². The smallest absolute Gasteiger partial charge is 0.238 e. The van der Waals surface area contributed by atoms with Crippen LogP contribution in [0.1, 0.15) is 39.0 Å². The zero-order valence-electron chi connectivity index (χ0n) is 9.41. The number of carbonyl (C=O) groups excluding carboxylic acids is 1. The van der Waals surface area contributed by atoms with Crippen molar-refractivity contribution in [3.05, 3.63) is 0 Å². The van der Waals surface area contributed by atoms with Crippen molar-refractivity contribution in [1.29, 1.82) is 0 Å². The lowest BCUT2D eigenvalue weighted by Crippen LogP contribution is -2.45. The van der Waals surface area contributed by atoms with Gasteiger partial charge in [0, 0.05) is 18.5 Å². The van der Waals surface area contributed by atoms with Gasteiger partial charge in [0.2, 0.25) is 5.91 Å². The Bertz CT molecular complexity index is 236. The highest BCUT2D eigenvalue weighted by atomic mass is 16.2. The fraction of sp³-hybridized carbons (Fsp3) is 0.909. The summed E-state index contributed by atoms with van der Waals surface area (Å²) in [6, 6.07) is 0.419. The maximum atomic E-state index is 11.7. The van der Waals surface area contributed by atoms with Gasteiger partial charge in [0.15, 0.2) is 0 Å². The fourth-order valence-electron chi connectivity index (χ4n) is 2.69. The Kier molecular flexibility index (Phi) is 3.26. The Morgan fingerprint density at radius 1 is 1.53 bits per heavy atom. The molecule has 0 spiro atoms. The molecule has 1 saturated heterocycles. The number of hydrogen-bond acceptors (Lipinski definition) is 3. The molecule has 2 atom stereocenters. The highest BCUT2D eigenvalue weighted by Crippen LogP contribution is 2.31. The third kappa shape index (κ3) is 2.49. The molecule has 15 heavy (non-hydrogen) atoms. The van der Waals surface area contributed by atoms with E-state index in [1.54, 1.807) is 5.01 Å². The summed E-state index contributed by atoms with van der Waals surface area (Å²) in [5, 5.41) is 1.72. The van der Waals surface area contributed by atoms with E-state index in [9.17, 15) is 4.79 Å². The summed E-state index contributed by atoms with van der Waals surface area (Å²) in [5.41, 5.74) is 9.02. The van der Waals surface area contributed by atoms with Crippen molar-refractivity contribution in [2.75, 3.05) is 6.54 Å². The second-order valence-corrected chi connectivity index (χ2v) is 4.97. The van der Waals surface area contributed by atoms with Crippen molar-refractivity contribution in [2.45, 2.75) is 51.1 Å². The van der Waals surface area contributed by atoms with Crippen molar-refractivity contribution < 1.29 is 4.79 Å². The molecule has 2 rings (SSSR count). The molecular formula is C11H21N3O. The van der Waals surface area contributed by atoms with Crippen molar-refractivity contribution in [2.24, 2.45) is 11.7 Å². The first kappa shape index (κ1) is 10.9. The number of nitrogens with one attached hydrogen (secondary N) is 1. The number of carbonyl (C=O) groups is 1. The molecule has 1 aliphatic heterocycles. The fourth-order valence-corrected chi connectivity index (χ4v) is 2.69. The number of nitrogens with two attached hydrogens (primary N) is 1. The van der Waals surface area contributed by atoms with E-state index >= 15 is 0 Å². The van der Waals surface area contributed by atoms with E-state index in [1.165, 1.54) is 25.7 Å². The van der Waals surface area contributed by atoms with Crippen LogP contribution >= 0.6 is 0 Å². The van der Waals surface area contributed by atoms with Gasteiger partial charge in [-0.25, -0.2) is 5.43 Å². The molecular weight excluding hydrogens is 190 g/mol. The molecule has 4 nitrogen and oxygen atoms in total. The summed E-state index contributed by atoms with van der Waals surface area (Å²) < 4.78 is 0. The van der Waals surface area contributed by atoms with E-state index < -0.39 is 0 Å². The number of amides is 1. The summed E-state index contributed by atoms with van der Waals surface area (Å²) in [6.45, 7) is 2.56. The lowest BCUT2D eigenvalue weighted by molar-refractivity contribution is -0.129. The standard InChI is InChI=1S/C11H21N3O/c1-8(12)7-14-11(15)6-10(13-14)9-4-2-3-5-9/h8-10,13H,2-7,12H2,1H3. The first-order valence-corrected chi connectivity index (χ1v) is 5.99. The van der Waals surface area contributed by atoms with Crippen LogP contribution in [0.5, 0.6) is 0 Å². The summed E-state index contributed by atoms with van der Waals surface area (Å²) in [4.78, 5) is 11.7. The van der Waals surface area contributed by atoms with Crippen LogP contribution in [-0.2, 0) is 4.79 Å². The molecule has 3 N–H and O–H groups in total. The maximum Gasteiger partial charge on any atom is 0.238 e. The third-order valence-electron chi connectivity index (χ3n) is 3.46. The molecule has 0 aromatic heterocycles. The molecule has 1 heterocycles. The largest absolute Gasteiger partial charge is 0.326 e. The normalized spacial score (nSPS) is 30.1. The lowest BCUT2D eigenvalue weighted by atomic mass is 9.97. The predicted octanol–water partition coefficient (Wildman–Crippen LogP) is 0.629. The van der Waals surface area contributed by atoms with E-state index in [1.807, 2.05) is 6.92 Å². The zero-order chi connectivity index (χ0) is 10.8. The molecule has 86 valence electrons. The quantitative estimate of drug-likeness (QED) is 0.720. The van der Waals surface area contributed by atoms with Crippen molar-refractivity contribution in [1.82, 2.24) is 10.4 Å². The van der Waals surface area contributed by atoms with Gasteiger partial charge in [0.25, 0.3) is 0 Å². The Morgan fingerprint density at radius 3 is 2.80 bits per heavy atom. The SMILES string of the molecule is CC(N)CN1NC(C2CCCC2)CC1=O. The van der Waals surface area contributed by atoms with Crippen molar-refractivity contribution in [3.63, 3.8) is 0 Å². The molecule has 0 bridgehead atoms. The number of rotatable bonds is 3. The van der Waals surface area contributed by atoms with Crippen LogP contribution in [0.15, 0.2) is 0 Å². The summed E-state index contributed by atoms with van der Waals surface area (Å²) >= 11 is 0. The molecule has 0 radical (unpaired) electrons. The minimum atomic E-state index is 0.0452. The number of nitrogens with zero attached hydrogens (tertiary/aromatic N) is 1. The van der Waals surface area contributed by atoms with Crippen LogP contribution in [-0.4, -0.2) is 29.5 Å². The van der Waals surface area contributed by atoms with Gasteiger partial charge < -0.3 is 5.73 Å². The van der Waals surface area contributed by atoms with E-state index in [0.29, 0.717) is 24.9 Å². The van der Waals surface area contributed by atoms with Gasteiger partial charge in [0.1, 0.15) is 0 Å². The van der Waals surface area contributed by atoms with Gasteiger partial charge in [-0.2, -0.15) is 0 Å². The van der Waals surface area contributed by atoms with Gasteiger partial charge in [-0.15, -0.1) is 0 Å². The van der Waals surface area contributed by atoms with E-state index in [4.69, 9.17) is 5.73 Å². The third-order valence-corrected chi connectivity index (χ3v) is 3.46. The second-order valence-electron chi connectivity index (χ2n) is 4.97. The summed E-state index contributed by atoms with van der Waals surface area (Å²) in [6.07, 6.45) is 5.86. The average molecular weight is 211 g/mol. The minimum absolute atomic E-state index is 0.0452. The molecule has 1 saturated carbocycles. The van der Waals surface area contributed by atoms with Crippen LogP contribution in [0.25, 0.3) is 0 Å². The Hall–Kier alpha value is -0.610. The number of hydrazine groups is 1. The van der Waals surface area contributed by atoms with Crippen LogP contribution in [0.3, 0.4) is 0 Å². The van der Waals surface area contributed by atoms with Gasteiger partial charge in [-0.1, -0.05) is 12.8 Å². The van der Waals surface area contributed by atoms with Crippen LogP contribution in [0, 0.1) is 5.92 Å². The van der Waals surface area contributed by atoms with Crippen molar-refractivity contribution in [3.8, 4) is 0 Å². The molecule has 0 aromatic carbocycles. The zero-order valence-corrected chi connectivity index (χ0v) is 9.41. The molecule has 2 unspecified atom stereocenters. The first-order chi connectivity index (χ1) is 7.16. The van der Waals surface area contributed by atoms with Crippen LogP contribution < -0.4 is 11.2 Å². The van der Waals surface area contributed by atoms with E-state index in [0.717, 1.165) is 0 Å². The Balaban J connectivity index is 1.88. The summed E-state index contributed by atoms with van der Waals surface area (Å²) in [5.74, 6) is 0.913. The Labute approximate surface area is 91.2 Å². The number of hydrogen-bond donors (Lipinski definition) is 2. The predicted molar refractivity (Wildman–Crippen MR) is 58.9 cm³/mol. The van der Waals surface area contributed by atoms with E-state index in [-0.39, 0.29) is 11.9 Å². The minimum Gasteiger partial charge on any atom is -0.326 e. The molecule has 2 fully saturated rings. The first-order valence-electron chi connectivity index (χ1n) is 5.99. The van der Waals surface area contributed by atoms with Gasteiger partial charge in [-0.3, -0.25) is 9.80 Å². The molecule has 1 amide bonds. The van der Waals surface area contributed by atoms with Crippen molar-refractivity contribution >= 4 is 5.91 Å². The monoisotopic (exact) mass is 211 g/mol. The second kappa shape index (κ2) is 4.49. The molecule has 4 heteroatoms. The van der Waals surface area contributed by atoms with Crippen LogP contribution in [0.2, 0.25) is 0 Å². The molecule has 1 aliphatic carbocycles. The van der Waals surface area contributed by atoms with Gasteiger partial charge in [0.05, 0.1) is 6.54 Å². The van der Waals surface area contributed by atoms with Gasteiger partial charge in [-0.05, 0) is 25.7 Å². The average Bonchev–Trinajstić information content (AvgIpc) is 2.75.